The largest absolute Gasteiger partial charge is 0.435 e. The summed E-state index contributed by atoms with van der Waals surface area (Å²) in [5.41, 5.74) is -0.689. The molecule has 0 bridgehead atoms. The van der Waals surface area contributed by atoms with Crippen molar-refractivity contribution in [1.82, 2.24) is 9.34 Å². The summed E-state index contributed by atoms with van der Waals surface area (Å²) >= 11 is 0. The van der Waals surface area contributed by atoms with Crippen molar-refractivity contribution in [2.24, 2.45) is 23.2 Å². The Labute approximate surface area is 208 Å². The average Bonchev–Trinajstić information content (AvgIpc) is 3.12. The van der Waals surface area contributed by atoms with Gasteiger partial charge in [-0.1, -0.05) is 49.7 Å². The van der Waals surface area contributed by atoms with Gasteiger partial charge in [-0.3, -0.25) is 18.9 Å². The van der Waals surface area contributed by atoms with Gasteiger partial charge in [-0.05, 0) is 34.6 Å². The number of Topliss-reactive ketones (excluding diaryl/α,β-unsaturated/α-hetero) is 1. The Kier molecular flexibility index (Phi) is 12.5. The van der Waals surface area contributed by atoms with Crippen LogP contribution in [-0.2, 0) is 14.1 Å². The molecule has 0 amide bonds. The van der Waals surface area contributed by atoms with Gasteiger partial charge < -0.3 is 4.52 Å². The van der Waals surface area contributed by atoms with Gasteiger partial charge in [0, 0.05) is 46.4 Å². The molecule has 3 aliphatic rings. The van der Waals surface area contributed by atoms with Crippen molar-refractivity contribution in [3.63, 3.8) is 0 Å². The summed E-state index contributed by atoms with van der Waals surface area (Å²) in [6.45, 7) is 6.52. The van der Waals surface area contributed by atoms with E-state index in [0.717, 1.165) is 27.6 Å². The lowest BCUT2D eigenvalue weighted by atomic mass is 9.86. The summed E-state index contributed by atoms with van der Waals surface area (Å²) in [5, 5.41) is 0. The summed E-state index contributed by atoms with van der Waals surface area (Å²) in [7, 11) is 17.9. The molecule has 2 heterocycles. The monoisotopic (exact) mass is 648 g/mol. The molecule has 0 aromatic heterocycles. The van der Waals surface area contributed by atoms with Crippen LogP contribution in [0.2, 0.25) is 0 Å². The van der Waals surface area contributed by atoms with Gasteiger partial charge in [-0.15, -0.1) is 24.4 Å². The first-order chi connectivity index (χ1) is 14.7. The number of carbonyl (C=O) groups is 2. The van der Waals surface area contributed by atoms with Gasteiger partial charge in [-0.25, -0.2) is 0 Å². The molecule has 12 unspecified atom stereocenters. The highest BCUT2D eigenvalue weighted by Gasteiger charge is 2.62. The van der Waals surface area contributed by atoms with Crippen molar-refractivity contribution in [2.45, 2.75) is 18.9 Å². The molecule has 0 spiro atoms. The van der Waals surface area contributed by atoms with Crippen LogP contribution in [0, 0.1) is 23.2 Å². The van der Waals surface area contributed by atoms with E-state index in [1.165, 1.54) is 0 Å². The van der Waals surface area contributed by atoms with Crippen LogP contribution >= 0.6 is 99.9 Å². The van der Waals surface area contributed by atoms with E-state index >= 15 is 0 Å². The third-order valence-electron chi connectivity index (χ3n) is 6.38. The highest BCUT2D eigenvalue weighted by molar-refractivity contribution is 8.86. The molecular formula is C14H32N2O3P12. The molecule has 2 aliphatic heterocycles. The zero-order chi connectivity index (χ0) is 22.9. The number of nitrogens with zero attached hydrogens (tertiary/aromatic N) is 2. The summed E-state index contributed by atoms with van der Waals surface area (Å²) in [6.07, 6.45) is 2.82. The number of carbonyl (C=O) groups excluding carboxylic acids is 2. The highest BCUT2D eigenvalue weighted by atomic mass is 32.9. The van der Waals surface area contributed by atoms with Crippen molar-refractivity contribution in [3.8, 4) is 0 Å². The van der Waals surface area contributed by atoms with Crippen LogP contribution in [0.25, 0.3) is 0 Å². The van der Waals surface area contributed by atoms with E-state index in [1.54, 1.807) is 0 Å². The zero-order valence-corrected chi connectivity index (χ0v) is 29.7. The lowest BCUT2D eigenvalue weighted by molar-refractivity contribution is -0.143. The van der Waals surface area contributed by atoms with Crippen LogP contribution in [0.4, 0.5) is 0 Å². The zero-order valence-electron chi connectivity index (χ0n) is 17.1. The fourth-order valence-electron chi connectivity index (χ4n) is 4.70. The van der Waals surface area contributed by atoms with E-state index < -0.39 is 19.9 Å². The maximum Gasteiger partial charge on any atom is 0.316 e. The Bertz CT molecular complexity index is 703. The minimum atomic E-state index is -0.811. The van der Waals surface area contributed by atoms with Gasteiger partial charge >= 0.3 is 5.97 Å². The Hall–Kier alpha value is 3.96. The molecule has 0 N–H and O–H groups in total. The van der Waals surface area contributed by atoms with Crippen molar-refractivity contribution >= 4 is 112 Å². The molecule has 1 saturated carbocycles. The van der Waals surface area contributed by atoms with E-state index in [4.69, 9.17) is 4.52 Å². The second kappa shape index (κ2) is 13.2. The van der Waals surface area contributed by atoms with Gasteiger partial charge in [0.1, 0.15) is 7.53 Å². The molecule has 0 radical (unpaired) electrons. The summed E-state index contributed by atoms with van der Waals surface area (Å²) in [6, 6.07) is -0.0754. The van der Waals surface area contributed by atoms with E-state index in [0.29, 0.717) is 34.6 Å². The van der Waals surface area contributed by atoms with Crippen LogP contribution in [0.3, 0.4) is 0 Å². The second-order valence-corrected chi connectivity index (χ2v) is 36.0. The molecule has 176 valence electrons. The fraction of sp³-hybridized carbons (Fsp3) is 0.714. The number of allylic oxidation sites excluding steroid dienone is 1. The van der Waals surface area contributed by atoms with Crippen LogP contribution in [0.5, 0.6) is 0 Å². The van der Waals surface area contributed by atoms with Crippen LogP contribution in [0.1, 0.15) is 12.8 Å². The minimum absolute atomic E-state index is 0.0521. The lowest BCUT2D eigenvalue weighted by Crippen LogP contribution is -2.39. The molecule has 16 atom stereocenters. The molecule has 31 heavy (non-hydrogen) atoms. The Morgan fingerprint density at radius 3 is 2.39 bits per heavy atom. The van der Waals surface area contributed by atoms with Crippen LogP contribution < -0.4 is 0 Å². The number of ketones is 1. The predicted octanol–water partition coefficient (Wildman–Crippen LogP) is 6.63. The third kappa shape index (κ3) is 6.70. The molecule has 0 aromatic carbocycles. The number of hydrogen-bond donors (Lipinski definition) is 0. The van der Waals surface area contributed by atoms with E-state index in [1.807, 2.05) is 6.08 Å². The van der Waals surface area contributed by atoms with Gasteiger partial charge in [0.15, 0.2) is 5.78 Å². The Morgan fingerprint density at radius 1 is 1.16 bits per heavy atom. The Balaban J connectivity index is 1.74. The Morgan fingerprint density at radius 2 is 1.87 bits per heavy atom. The SMILES string of the molecule is C=CC1C[C@]1(CC(=O)[C@@H]1[C@H]2CN(P(P)PP)C[C@H]2CN1PP)C(=O)OP(PP)P(P)P. The number of fused-ring (bicyclic) bond motifs is 1. The molecule has 17 heteroatoms. The molecule has 2 saturated heterocycles. The van der Waals surface area contributed by atoms with E-state index in [9.17, 15) is 9.59 Å². The van der Waals surface area contributed by atoms with Crippen molar-refractivity contribution in [3.05, 3.63) is 12.7 Å². The molecule has 5 nitrogen and oxygen atoms in total. The van der Waals surface area contributed by atoms with Crippen molar-refractivity contribution in [1.29, 1.82) is 0 Å². The molecule has 3 fully saturated rings. The molecular weight excluding hydrogens is 616 g/mol. The number of rotatable bonds is 11. The predicted molar refractivity (Wildman–Crippen MR) is 169 cm³/mol. The summed E-state index contributed by atoms with van der Waals surface area (Å²) in [5.74, 6) is 1.03. The topological polar surface area (TPSA) is 49.9 Å². The van der Waals surface area contributed by atoms with Crippen molar-refractivity contribution in [2.75, 3.05) is 19.6 Å². The second-order valence-electron chi connectivity index (χ2n) is 8.00. The normalized spacial score (nSPS) is 36.2. The van der Waals surface area contributed by atoms with E-state index in [-0.39, 0.29) is 37.6 Å². The lowest BCUT2D eigenvalue weighted by Gasteiger charge is -2.30. The van der Waals surface area contributed by atoms with Gasteiger partial charge in [-0.2, -0.15) is 0 Å². The average molecular weight is 648 g/mol. The summed E-state index contributed by atoms with van der Waals surface area (Å²) < 4.78 is 10.9. The van der Waals surface area contributed by atoms with Crippen LogP contribution in [0.15, 0.2) is 12.7 Å². The third-order valence-corrected chi connectivity index (χ3v) is 36.9. The van der Waals surface area contributed by atoms with Gasteiger partial charge in [0.05, 0.1) is 11.5 Å². The number of hydrogen-bond acceptors (Lipinski definition) is 5. The summed E-state index contributed by atoms with van der Waals surface area (Å²) in [4.78, 5) is 26.9. The standard InChI is InChI=1S/C14H32N2O3P12/c1-2-9-3-14(9,13(18)19-30(28-22)31(24)25)4-11(17)12-10-7-15(29(23)27-21)5-8(10)6-16(12)26-20/h2,8-10,12,26-28H,1,3-7,20-25H2/t8-,9?,10-,12-,14+,29?,30?/m0/s1. The molecule has 0 aromatic rings. The van der Waals surface area contributed by atoms with E-state index in [2.05, 4.69) is 69.5 Å². The quantitative estimate of drug-likeness (QED) is 0.186. The minimum Gasteiger partial charge on any atom is -0.435 e. The maximum atomic E-state index is 13.7. The first-order valence-electron chi connectivity index (χ1n) is 9.64. The highest BCUT2D eigenvalue weighted by Crippen LogP contribution is 2.89. The first kappa shape index (κ1) is 29.5. The molecule has 3 rings (SSSR count). The first-order valence-corrected chi connectivity index (χ1v) is 29.2. The molecule has 1 aliphatic carbocycles. The van der Waals surface area contributed by atoms with Gasteiger partial charge in [0.25, 0.3) is 0 Å². The van der Waals surface area contributed by atoms with Gasteiger partial charge in [0.2, 0.25) is 0 Å². The van der Waals surface area contributed by atoms with Crippen molar-refractivity contribution < 1.29 is 14.1 Å². The smallest absolute Gasteiger partial charge is 0.316 e. The fourth-order valence-corrected chi connectivity index (χ4v) is 29.1. The maximum absolute atomic E-state index is 13.7. The van der Waals surface area contributed by atoms with Crippen LogP contribution in [-0.4, -0.2) is 46.8 Å².